The number of carbonyl (C=O) groups excluding carboxylic acids is 1. The third-order valence-electron chi connectivity index (χ3n) is 2.47. The van der Waals surface area contributed by atoms with Gasteiger partial charge in [0.25, 0.3) is 0 Å². The van der Waals surface area contributed by atoms with Gasteiger partial charge in [0.1, 0.15) is 11.9 Å². The summed E-state index contributed by atoms with van der Waals surface area (Å²) in [7, 11) is 0. The van der Waals surface area contributed by atoms with Gasteiger partial charge in [-0.25, -0.2) is 9.18 Å². The normalized spacial score (nSPS) is 20.4. The average molecular weight is 255 g/mol. The van der Waals surface area contributed by atoms with Crippen molar-refractivity contribution in [3.8, 4) is 0 Å². The highest BCUT2D eigenvalue weighted by atomic mass is 32.2. The van der Waals surface area contributed by atoms with E-state index in [2.05, 4.69) is 0 Å². The molecule has 1 fully saturated rings. The van der Waals surface area contributed by atoms with Crippen molar-refractivity contribution >= 4 is 29.3 Å². The number of carboxylic acids is 1. The second-order valence-corrected chi connectivity index (χ2v) is 4.64. The molecule has 1 aromatic carbocycles. The molecule has 4 nitrogen and oxygen atoms in total. The van der Waals surface area contributed by atoms with Crippen LogP contribution in [0.1, 0.15) is 0 Å². The van der Waals surface area contributed by atoms with Crippen molar-refractivity contribution < 1.29 is 19.1 Å². The number of rotatable bonds is 2. The summed E-state index contributed by atoms with van der Waals surface area (Å²) in [6, 6.07) is 4.37. The first-order chi connectivity index (χ1) is 8.09. The lowest BCUT2D eigenvalue weighted by Crippen LogP contribution is -2.50. The maximum atomic E-state index is 12.8. The number of amides is 1. The van der Waals surface area contributed by atoms with Crippen LogP contribution in [-0.4, -0.2) is 34.5 Å². The molecule has 2 rings (SSSR count). The van der Waals surface area contributed by atoms with Gasteiger partial charge in [-0.1, -0.05) is 0 Å². The third-order valence-corrected chi connectivity index (χ3v) is 3.47. The van der Waals surface area contributed by atoms with E-state index in [0.717, 1.165) is 0 Å². The van der Waals surface area contributed by atoms with E-state index in [1.165, 1.54) is 40.9 Å². The summed E-state index contributed by atoms with van der Waals surface area (Å²) >= 11 is 1.29. The summed E-state index contributed by atoms with van der Waals surface area (Å²) < 4.78 is 12.8. The molecule has 0 aromatic heterocycles. The van der Waals surface area contributed by atoms with Crippen molar-refractivity contribution in [3.05, 3.63) is 30.1 Å². The van der Waals surface area contributed by atoms with E-state index in [-0.39, 0.29) is 11.7 Å². The Kier molecular flexibility index (Phi) is 3.33. The number of hydrogen-bond acceptors (Lipinski definition) is 3. The standard InChI is InChI=1S/C11H10FNO3S/c12-7-1-3-8(4-2-7)13-9(11(15)16)5-17-6-10(13)14/h1-4,9H,5-6H2,(H,15,16). The van der Waals surface area contributed by atoms with Crippen LogP contribution in [-0.2, 0) is 9.59 Å². The van der Waals surface area contributed by atoms with Gasteiger partial charge in [-0.05, 0) is 24.3 Å². The molecule has 1 N–H and O–H groups in total. The van der Waals surface area contributed by atoms with Crippen LogP contribution in [0.25, 0.3) is 0 Å². The number of nitrogens with zero attached hydrogens (tertiary/aromatic N) is 1. The summed E-state index contributed by atoms with van der Waals surface area (Å²) in [5, 5.41) is 9.06. The van der Waals surface area contributed by atoms with Gasteiger partial charge in [-0.3, -0.25) is 9.69 Å². The van der Waals surface area contributed by atoms with E-state index in [0.29, 0.717) is 11.4 Å². The van der Waals surface area contributed by atoms with E-state index in [9.17, 15) is 14.0 Å². The minimum absolute atomic E-state index is 0.251. The fourth-order valence-electron chi connectivity index (χ4n) is 1.68. The van der Waals surface area contributed by atoms with Gasteiger partial charge < -0.3 is 5.11 Å². The topological polar surface area (TPSA) is 57.6 Å². The number of thioether (sulfide) groups is 1. The van der Waals surface area contributed by atoms with Crippen molar-refractivity contribution in [2.75, 3.05) is 16.4 Å². The molecule has 1 atom stereocenters. The molecule has 6 heteroatoms. The minimum atomic E-state index is -1.05. The zero-order valence-electron chi connectivity index (χ0n) is 8.80. The second-order valence-electron chi connectivity index (χ2n) is 3.61. The largest absolute Gasteiger partial charge is 0.480 e. The Labute approximate surface area is 101 Å². The maximum absolute atomic E-state index is 12.8. The Morgan fingerprint density at radius 2 is 2.06 bits per heavy atom. The molecule has 1 amide bonds. The van der Waals surface area contributed by atoms with Gasteiger partial charge >= 0.3 is 5.97 Å². The highest BCUT2D eigenvalue weighted by molar-refractivity contribution is 8.00. The first kappa shape index (κ1) is 11.9. The molecule has 0 radical (unpaired) electrons. The minimum Gasteiger partial charge on any atom is -0.480 e. The van der Waals surface area contributed by atoms with Crippen molar-refractivity contribution in [1.82, 2.24) is 0 Å². The molecule has 1 heterocycles. The van der Waals surface area contributed by atoms with Crippen LogP contribution in [0.5, 0.6) is 0 Å². The van der Waals surface area contributed by atoms with E-state index in [1.54, 1.807) is 0 Å². The summed E-state index contributed by atoms with van der Waals surface area (Å²) in [4.78, 5) is 24.0. The van der Waals surface area contributed by atoms with Crippen molar-refractivity contribution in [1.29, 1.82) is 0 Å². The first-order valence-corrected chi connectivity index (χ1v) is 6.13. The van der Waals surface area contributed by atoms with Gasteiger partial charge in [0.05, 0.1) is 5.75 Å². The molecule has 1 aromatic rings. The third kappa shape index (κ3) is 2.41. The molecule has 90 valence electrons. The Morgan fingerprint density at radius 1 is 1.41 bits per heavy atom. The SMILES string of the molecule is O=C(O)C1CSCC(=O)N1c1ccc(F)cc1. The van der Waals surface area contributed by atoms with Crippen molar-refractivity contribution in [2.45, 2.75) is 6.04 Å². The number of halogens is 1. The molecular formula is C11H10FNO3S. The number of benzene rings is 1. The van der Waals surface area contributed by atoms with Gasteiger partial charge in [-0.2, -0.15) is 0 Å². The van der Waals surface area contributed by atoms with Crippen LogP contribution in [0, 0.1) is 5.82 Å². The van der Waals surface area contributed by atoms with Crippen molar-refractivity contribution in [3.63, 3.8) is 0 Å². The van der Waals surface area contributed by atoms with Crippen LogP contribution in [0.3, 0.4) is 0 Å². The summed E-state index contributed by atoms with van der Waals surface area (Å²) in [5.74, 6) is -1.13. The Balaban J connectivity index is 2.34. The summed E-state index contributed by atoms with van der Waals surface area (Å²) in [6.07, 6.45) is 0. The van der Waals surface area contributed by atoms with Gasteiger partial charge in [0.15, 0.2) is 0 Å². The lowest BCUT2D eigenvalue weighted by Gasteiger charge is -2.32. The van der Waals surface area contributed by atoms with E-state index in [4.69, 9.17) is 5.11 Å². The van der Waals surface area contributed by atoms with Crippen LogP contribution < -0.4 is 4.90 Å². The molecule has 0 aliphatic carbocycles. The summed E-state index contributed by atoms with van der Waals surface area (Å²) in [5.41, 5.74) is 0.420. The van der Waals surface area contributed by atoms with E-state index >= 15 is 0 Å². The van der Waals surface area contributed by atoms with Crippen LogP contribution in [0.2, 0.25) is 0 Å². The Bertz CT molecular complexity index is 449. The first-order valence-electron chi connectivity index (χ1n) is 4.98. The molecule has 1 saturated heterocycles. The molecule has 0 spiro atoms. The highest BCUT2D eigenvalue weighted by Gasteiger charge is 2.34. The number of anilines is 1. The number of hydrogen-bond donors (Lipinski definition) is 1. The molecule has 0 saturated carbocycles. The van der Waals surface area contributed by atoms with Gasteiger partial charge in [-0.15, -0.1) is 11.8 Å². The number of aliphatic carboxylic acids is 1. The van der Waals surface area contributed by atoms with Crippen LogP contribution in [0.15, 0.2) is 24.3 Å². The predicted octanol–water partition coefficient (Wildman–Crippen LogP) is 1.36. The second kappa shape index (κ2) is 4.75. The predicted molar refractivity (Wildman–Crippen MR) is 62.6 cm³/mol. The fourth-order valence-corrected chi connectivity index (χ4v) is 2.63. The van der Waals surface area contributed by atoms with Gasteiger partial charge in [0.2, 0.25) is 5.91 Å². The van der Waals surface area contributed by atoms with E-state index in [1.807, 2.05) is 0 Å². The number of carboxylic acid groups (broad SMARTS) is 1. The molecule has 0 bridgehead atoms. The lowest BCUT2D eigenvalue weighted by atomic mass is 10.2. The molecular weight excluding hydrogens is 245 g/mol. The zero-order valence-corrected chi connectivity index (χ0v) is 9.61. The quantitative estimate of drug-likeness (QED) is 0.867. The lowest BCUT2D eigenvalue weighted by molar-refractivity contribution is -0.139. The number of carbonyl (C=O) groups is 2. The van der Waals surface area contributed by atoms with Crippen molar-refractivity contribution in [2.24, 2.45) is 0 Å². The highest BCUT2D eigenvalue weighted by Crippen LogP contribution is 2.25. The molecule has 1 aliphatic rings. The average Bonchev–Trinajstić information content (AvgIpc) is 2.30. The zero-order chi connectivity index (χ0) is 12.4. The van der Waals surface area contributed by atoms with Crippen LogP contribution >= 0.6 is 11.8 Å². The molecule has 1 aliphatic heterocycles. The van der Waals surface area contributed by atoms with E-state index < -0.39 is 17.8 Å². The molecule has 17 heavy (non-hydrogen) atoms. The maximum Gasteiger partial charge on any atom is 0.327 e. The fraction of sp³-hybridized carbons (Fsp3) is 0.273. The smallest absolute Gasteiger partial charge is 0.327 e. The monoisotopic (exact) mass is 255 g/mol. The molecule has 1 unspecified atom stereocenters. The van der Waals surface area contributed by atoms with Crippen LogP contribution in [0.4, 0.5) is 10.1 Å². The van der Waals surface area contributed by atoms with Gasteiger partial charge in [0, 0.05) is 11.4 Å². The Hall–Kier alpha value is -1.56. The Morgan fingerprint density at radius 3 is 2.65 bits per heavy atom. The summed E-state index contributed by atoms with van der Waals surface area (Å²) in [6.45, 7) is 0.